The van der Waals surface area contributed by atoms with Crippen LogP contribution in [0.4, 0.5) is 10.1 Å². The van der Waals surface area contributed by atoms with E-state index >= 15 is 0 Å². The highest BCUT2D eigenvalue weighted by Gasteiger charge is 2.27. The van der Waals surface area contributed by atoms with Crippen LogP contribution in [0, 0.1) is 5.82 Å². The largest absolute Gasteiger partial charge is 0.361 e. The molecule has 1 amide bonds. The Kier molecular flexibility index (Phi) is 3.77. The molecule has 1 atom stereocenters. The SMILES string of the molecule is CS(=O)(=O)c1ccc(C2NC(=O)c3cc(Cl)ccc3N2)c(F)c1. The predicted octanol–water partition coefficient (Wildman–Crippen LogP) is 2.74. The molecular formula is C15H12ClFN2O3S. The zero-order valence-electron chi connectivity index (χ0n) is 11.9. The minimum absolute atomic E-state index is 0.118. The Bertz CT molecular complexity index is 915. The molecule has 1 heterocycles. The zero-order chi connectivity index (χ0) is 16.8. The van der Waals surface area contributed by atoms with Gasteiger partial charge in [0.05, 0.1) is 10.5 Å². The molecule has 0 aliphatic carbocycles. The lowest BCUT2D eigenvalue weighted by molar-refractivity contribution is 0.0935. The van der Waals surface area contributed by atoms with E-state index < -0.39 is 27.7 Å². The molecule has 5 nitrogen and oxygen atoms in total. The topological polar surface area (TPSA) is 75.3 Å². The molecular weight excluding hydrogens is 343 g/mol. The molecule has 0 aromatic heterocycles. The van der Waals surface area contributed by atoms with Gasteiger partial charge in [-0.25, -0.2) is 12.8 Å². The number of nitrogens with one attached hydrogen (secondary N) is 2. The molecule has 0 saturated carbocycles. The molecule has 3 rings (SSSR count). The molecule has 0 saturated heterocycles. The van der Waals surface area contributed by atoms with Crippen molar-refractivity contribution < 1.29 is 17.6 Å². The van der Waals surface area contributed by atoms with Crippen molar-refractivity contribution in [2.45, 2.75) is 11.1 Å². The lowest BCUT2D eigenvalue weighted by Crippen LogP contribution is -2.38. The molecule has 0 fully saturated rings. The predicted molar refractivity (Wildman–Crippen MR) is 84.8 cm³/mol. The second kappa shape index (κ2) is 5.50. The number of amides is 1. The van der Waals surface area contributed by atoms with Crippen LogP contribution in [0.2, 0.25) is 5.02 Å². The van der Waals surface area contributed by atoms with Gasteiger partial charge in [-0.05, 0) is 30.3 Å². The van der Waals surface area contributed by atoms with Gasteiger partial charge in [0.1, 0.15) is 12.0 Å². The van der Waals surface area contributed by atoms with E-state index in [-0.39, 0.29) is 10.5 Å². The van der Waals surface area contributed by atoms with Crippen molar-refractivity contribution in [1.82, 2.24) is 5.32 Å². The first-order valence-corrected chi connectivity index (χ1v) is 8.89. The molecule has 1 unspecified atom stereocenters. The van der Waals surface area contributed by atoms with Crippen LogP contribution in [0.3, 0.4) is 0 Å². The number of sulfone groups is 1. The number of carbonyl (C=O) groups is 1. The third kappa shape index (κ3) is 3.02. The highest BCUT2D eigenvalue weighted by Crippen LogP contribution is 2.30. The normalized spacial score (nSPS) is 17.2. The summed E-state index contributed by atoms with van der Waals surface area (Å²) in [6, 6.07) is 8.34. The van der Waals surface area contributed by atoms with Crippen molar-refractivity contribution in [3.05, 3.63) is 58.4 Å². The van der Waals surface area contributed by atoms with E-state index in [1.54, 1.807) is 12.1 Å². The minimum atomic E-state index is -3.50. The van der Waals surface area contributed by atoms with Gasteiger partial charge < -0.3 is 10.6 Å². The van der Waals surface area contributed by atoms with Crippen molar-refractivity contribution in [3.63, 3.8) is 0 Å². The molecule has 1 aliphatic heterocycles. The quantitative estimate of drug-likeness (QED) is 0.869. The Hall–Kier alpha value is -2.12. The van der Waals surface area contributed by atoms with E-state index in [2.05, 4.69) is 10.6 Å². The average Bonchev–Trinajstić information content (AvgIpc) is 2.47. The Morgan fingerprint density at radius 2 is 1.87 bits per heavy atom. The first-order chi connectivity index (χ1) is 10.8. The van der Waals surface area contributed by atoms with Gasteiger partial charge in [0.2, 0.25) is 0 Å². The maximum atomic E-state index is 14.3. The van der Waals surface area contributed by atoms with Gasteiger partial charge in [-0.3, -0.25) is 4.79 Å². The van der Waals surface area contributed by atoms with E-state index in [9.17, 15) is 17.6 Å². The fourth-order valence-corrected chi connectivity index (χ4v) is 3.16. The fourth-order valence-electron chi connectivity index (χ4n) is 2.36. The Labute approximate surface area is 137 Å². The maximum absolute atomic E-state index is 14.3. The van der Waals surface area contributed by atoms with Gasteiger partial charge in [0.15, 0.2) is 9.84 Å². The monoisotopic (exact) mass is 354 g/mol. The summed E-state index contributed by atoms with van der Waals surface area (Å²) in [7, 11) is -3.50. The van der Waals surface area contributed by atoms with Crippen LogP contribution in [0.25, 0.3) is 0 Å². The number of halogens is 2. The van der Waals surface area contributed by atoms with E-state index in [0.29, 0.717) is 16.3 Å². The second-order valence-electron chi connectivity index (χ2n) is 5.20. The summed E-state index contributed by atoms with van der Waals surface area (Å²) in [5.41, 5.74) is 1.03. The van der Waals surface area contributed by atoms with E-state index in [1.807, 2.05) is 0 Å². The van der Waals surface area contributed by atoms with Gasteiger partial charge in [-0.15, -0.1) is 0 Å². The van der Waals surface area contributed by atoms with E-state index in [0.717, 1.165) is 12.3 Å². The summed E-state index contributed by atoms with van der Waals surface area (Å²) in [4.78, 5) is 12.0. The molecule has 1 aliphatic rings. The number of carbonyl (C=O) groups excluding carboxylic acids is 1. The van der Waals surface area contributed by atoms with E-state index in [1.165, 1.54) is 18.2 Å². The second-order valence-corrected chi connectivity index (χ2v) is 7.65. The molecule has 0 bridgehead atoms. The molecule has 120 valence electrons. The van der Waals surface area contributed by atoms with Gasteiger partial charge in [-0.1, -0.05) is 17.7 Å². The van der Waals surface area contributed by atoms with Crippen molar-refractivity contribution >= 4 is 33.0 Å². The van der Waals surface area contributed by atoms with Gasteiger partial charge in [-0.2, -0.15) is 0 Å². The maximum Gasteiger partial charge on any atom is 0.255 e. The molecule has 23 heavy (non-hydrogen) atoms. The van der Waals surface area contributed by atoms with Crippen LogP contribution in [0.1, 0.15) is 22.1 Å². The molecule has 2 aromatic carbocycles. The van der Waals surface area contributed by atoms with Crippen molar-refractivity contribution in [2.75, 3.05) is 11.6 Å². The number of anilines is 1. The lowest BCUT2D eigenvalue weighted by atomic mass is 10.1. The smallest absolute Gasteiger partial charge is 0.255 e. The molecule has 0 spiro atoms. The Balaban J connectivity index is 1.98. The van der Waals surface area contributed by atoms with Crippen molar-refractivity contribution in [1.29, 1.82) is 0 Å². The number of rotatable bonds is 2. The van der Waals surface area contributed by atoms with E-state index in [4.69, 9.17) is 11.6 Å². The summed E-state index contributed by atoms with van der Waals surface area (Å²) in [6.07, 6.45) is 0.201. The first kappa shape index (κ1) is 15.8. The summed E-state index contributed by atoms with van der Waals surface area (Å²) in [6.45, 7) is 0. The summed E-state index contributed by atoms with van der Waals surface area (Å²) >= 11 is 5.86. The highest BCUT2D eigenvalue weighted by atomic mass is 35.5. The molecule has 2 aromatic rings. The zero-order valence-corrected chi connectivity index (χ0v) is 13.5. The first-order valence-electron chi connectivity index (χ1n) is 6.62. The number of hydrogen-bond acceptors (Lipinski definition) is 4. The van der Waals surface area contributed by atoms with Crippen LogP contribution in [0.5, 0.6) is 0 Å². The van der Waals surface area contributed by atoms with Crippen molar-refractivity contribution in [3.8, 4) is 0 Å². The summed E-state index contributed by atoms with van der Waals surface area (Å²) < 4.78 is 37.2. The highest BCUT2D eigenvalue weighted by molar-refractivity contribution is 7.90. The van der Waals surface area contributed by atoms with Crippen LogP contribution >= 0.6 is 11.6 Å². The van der Waals surface area contributed by atoms with Crippen LogP contribution < -0.4 is 10.6 Å². The number of hydrogen-bond donors (Lipinski definition) is 2. The summed E-state index contributed by atoms with van der Waals surface area (Å²) in [5, 5.41) is 6.03. The van der Waals surface area contributed by atoms with Gasteiger partial charge in [0.25, 0.3) is 5.91 Å². The van der Waals surface area contributed by atoms with Crippen molar-refractivity contribution in [2.24, 2.45) is 0 Å². The number of fused-ring (bicyclic) bond motifs is 1. The average molecular weight is 355 g/mol. The van der Waals surface area contributed by atoms with Crippen LogP contribution in [0.15, 0.2) is 41.3 Å². The third-order valence-electron chi connectivity index (χ3n) is 3.51. The standard InChI is InChI=1S/C15H12ClFN2O3S/c1-23(21,22)9-3-4-10(12(17)7-9)14-18-13-5-2-8(16)6-11(13)15(20)19-14/h2-7,14,18H,1H3,(H,19,20). The van der Waals surface area contributed by atoms with Crippen LogP contribution in [-0.4, -0.2) is 20.6 Å². The minimum Gasteiger partial charge on any atom is -0.361 e. The summed E-state index contributed by atoms with van der Waals surface area (Å²) in [5.74, 6) is -1.11. The fraction of sp³-hybridized carbons (Fsp3) is 0.133. The molecule has 0 radical (unpaired) electrons. The molecule has 8 heteroatoms. The van der Waals surface area contributed by atoms with Crippen LogP contribution in [-0.2, 0) is 9.84 Å². The van der Waals surface area contributed by atoms with Gasteiger partial charge in [0, 0.05) is 22.5 Å². The Morgan fingerprint density at radius 3 is 2.52 bits per heavy atom. The Morgan fingerprint density at radius 1 is 1.13 bits per heavy atom. The van der Waals surface area contributed by atoms with Gasteiger partial charge >= 0.3 is 0 Å². The third-order valence-corrected chi connectivity index (χ3v) is 4.86. The lowest BCUT2D eigenvalue weighted by Gasteiger charge is -2.28. The molecule has 2 N–H and O–H groups in total. The number of benzene rings is 2.